The Morgan fingerprint density at radius 1 is 0.969 bits per heavy atom. The lowest BCUT2D eigenvalue weighted by molar-refractivity contribution is -0.187. The fourth-order valence-corrected chi connectivity index (χ4v) is 5.82. The van der Waals surface area contributed by atoms with E-state index in [9.17, 15) is 14.4 Å². The van der Waals surface area contributed by atoms with Crippen molar-refractivity contribution in [3.05, 3.63) is 23.8 Å². The molecule has 1 spiro atoms. The summed E-state index contributed by atoms with van der Waals surface area (Å²) in [4.78, 5) is 45.0. The van der Waals surface area contributed by atoms with Crippen LogP contribution in [0.2, 0.25) is 0 Å². The number of likely N-dealkylation sites (tertiary alicyclic amines) is 2. The second kappa shape index (κ2) is 9.03. The Kier molecular flexibility index (Phi) is 6.14. The van der Waals surface area contributed by atoms with Crippen molar-refractivity contribution in [2.24, 2.45) is 0 Å². The van der Waals surface area contributed by atoms with Gasteiger partial charge in [-0.3, -0.25) is 14.4 Å². The molecule has 0 bridgehead atoms. The molecular weight excluding hydrogens is 430 g/mol. The quantitative estimate of drug-likeness (QED) is 0.689. The summed E-state index contributed by atoms with van der Waals surface area (Å²) in [7, 11) is 0. The average Bonchev–Trinajstić information content (AvgIpc) is 3.29. The van der Waals surface area contributed by atoms with E-state index < -0.39 is 5.79 Å². The number of nitrogens with zero attached hydrogens (tertiary/aromatic N) is 3. The first-order chi connectivity index (χ1) is 15.5. The third-order valence-corrected chi connectivity index (χ3v) is 7.82. The number of thioether (sulfide) groups is 1. The number of amides is 3. The Morgan fingerprint density at radius 2 is 1.69 bits per heavy atom. The van der Waals surface area contributed by atoms with Crippen molar-refractivity contribution in [2.45, 2.75) is 42.8 Å². The number of carbonyl (C=O) groups excluding carboxylic acids is 3. The Morgan fingerprint density at radius 3 is 2.41 bits per heavy atom. The highest BCUT2D eigenvalue weighted by Crippen LogP contribution is 2.37. The van der Waals surface area contributed by atoms with E-state index in [4.69, 9.17) is 9.47 Å². The Hall–Kier alpha value is -2.10. The van der Waals surface area contributed by atoms with Gasteiger partial charge in [-0.15, -0.1) is 11.8 Å². The van der Waals surface area contributed by atoms with E-state index in [1.165, 1.54) is 11.8 Å². The van der Waals surface area contributed by atoms with Gasteiger partial charge in [0, 0.05) is 49.5 Å². The van der Waals surface area contributed by atoms with Gasteiger partial charge in [0.05, 0.1) is 24.7 Å². The molecule has 3 fully saturated rings. The molecule has 8 nitrogen and oxygen atoms in total. The summed E-state index contributed by atoms with van der Waals surface area (Å²) in [6.07, 6.45) is 4.50. The molecule has 9 heteroatoms. The van der Waals surface area contributed by atoms with E-state index >= 15 is 0 Å². The number of piperidine rings is 2. The normalized spacial score (nSPS) is 22.9. The predicted molar refractivity (Wildman–Crippen MR) is 120 cm³/mol. The van der Waals surface area contributed by atoms with E-state index in [0.29, 0.717) is 56.1 Å². The Balaban J connectivity index is 1.30. The SMILES string of the molecule is O=C(CN1C(=O)CSc2ccc(C(=O)N3CCCCC3)cc21)N1CCC2(CC1)OCCO2. The minimum Gasteiger partial charge on any atom is -0.347 e. The lowest BCUT2D eigenvalue weighted by Crippen LogP contribution is -2.51. The van der Waals surface area contributed by atoms with Gasteiger partial charge in [0.15, 0.2) is 5.79 Å². The Labute approximate surface area is 192 Å². The fraction of sp³-hybridized carbons (Fsp3) is 0.609. The fourth-order valence-electron chi connectivity index (χ4n) is 4.91. The van der Waals surface area contributed by atoms with Crippen LogP contribution in [0, 0.1) is 0 Å². The summed E-state index contributed by atoms with van der Waals surface area (Å²) < 4.78 is 11.5. The van der Waals surface area contributed by atoms with Crippen LogP contribution < -0.4 is 4.90 Å². The monoisotopic (exact) mass is 459 g/mol. The topological polar surface area (TPSA) is 79.4 Å². The van der Waals surface area contributed by atoms with Crippen molar-refractivity contribution in [3.63, 3.8) is 0 Å². The van der Waals surface area contributed by atoms with Gasteiger partial charge in [-0.1, -0.05) is 0 Å². The molecule has 1 aromatic carbocycles. The minimum atomic E-state index is -0.537. The maximum Gasteiger partial charge on any atom is 0.253 e. The van der Waals surface area contributed by atoms with E-state index in [-0.39, 0.29) is 24.3 Å². The summed E-state index contributed by atoms with van der Waals surface area (Å²) in [6.45, 7) is 3.84. The molecule has 0 radical (unpaired) electrons. The number of anilines is 1. The highest BCUT2D eigenvalue weighted by molar-refractivity contribution is 8.00. The summed E-state index contributed by atoms with van der Waals surface area (Å²) in [6, 6.07) is 5.53. The van der Waals surface area contributed by atoms with Gasteiger partial charge in [0.2, 0.25) is 11.8 Å². The molecule has 32 heavy (non-hydrogen) atoms. The van der Waals surface area contributed by atoms with Gasteiger partial charge in [0.25, 0.3) is 5.91 Å². The van der Waals surface area contributed by atoms with Crippen molar-refractivity contribution in [2.75, 3.05) is 56.6 Å². The van der Waals surface area contributed by atoms with Gasteiger partial charge in [-0.25, -0.2) is 0 Å². The molecule has 0 aliphatic carbocycles. The van der Waals surface area contributed by atoms with Crippen LogP contribution >= 0.6 is 11.8 Å². The van der Waals surface area contributed by atoms with Crippen LogP contribution in [-0.4, -0.2) is 85.0 Å². The second-order valence-corrected chi connectivity index (χ2v) is 9.81. The summed E-state index contributed by atoms with van der Waals surface area (Å²) in [5.41, 5.74) is 1.24. The van der Waals surface area contributed by atoms with Crippen molar-refractivity contribution in [1.29, 1.82) is 0 Å². The lowest BCUT2D eigenvalue weighted by atomic mass is 10.0. The maximum atomic E-state index is 13.1. The van der Waals surface area contributed by atoms with Gasteiger partial charge in [-0.05, 0) is 37.5 Å². The number of hydrogen-bond donors (Lipinski definition) is 0. The number of fused-ring (bicyclic) bond motifs is 1. The standard InChI is InChI=1S/C23H29N3O5S/c27-20(24-10-6-23(7-11-24)30-12-13-31-23)15-26-18-14-17(4-5-19(18)32-16-21(26)28)22(29)25-8-2-1-3-9-25/h4-5,14H,1-3,6-13,15-16H2. The summed E-state index contributed by atoms with van der Waals surface area (Å²) in [5.74, 6) is -0.430. The van der Waals surface area contributed by atoms with E-state index in [1.54, 1.807) is 15.9 Å². The van der Waals surface area contributed by atoms with Crippen LogP contribution in [0.3, 0.4) is 0 Å². The number of ether oxygens (including phenoxy) is 2. The van der Waals surface area contributed by atoms with Crippen LogP contribution in [0.4, 0.5) is 5.69 Å². The molecule has 3 saturated heterocycles. The molecule has 4 aliphatic rings. The van der Waals surface area contributed by atoms with Crippen molar-refractivity contribution < 1.29 is 23.9 Å². The van der Waals surface area contributed by atoms with Crippen LogP contribution in [0.5, 0.6) is 0 Å². The van der Waals surface area contributed by atoms with E-state index in [0.717, 1.165) is 37.2 Å². The van der Waals surface area contributed by atoms with Gasteiger partial charge >= 0.3 is 0 Å². The average molecular weight is 460 g/mol. The predicted octanol–water partition coefficient (Wildman–Crippen LogP) is 2.12. The molecule has 5 rings (SSSR count). The molecule has 3 amide bonds. The van der Waals surface area contributed by atoms with E-state index in [1.807, 2.05) is 17.0 Å². The zero-order chi connectivity index (χ0) is 22.1. The van der Waals surface area contributed by atoms with Gasteiger partial charge in [-0.2, -0.15) is 0 Å². The van der Waals surface area contributed by atoms with Gasteiger partial charge in [0.1, 0.15) is 6.54 Å². The maximum absolute atomic E-state index is 13.1. The van der Waals surface area contributed by atoms with Crippen molar-refractivity contribution in [3.8, 4) is 0 Å². The van der Waals surface area contributed by atoms with E-state index in [2.05, 4.69) is 0 Å². The molecule has 4 aliphatic heterocycles. The molecule has 0 unspecified atom stereocenters. The smallest absolute Gasteiger partial charge is 0.253 e. The highest BCUT2D eigenvalue weighted by Gasteiger charge is 2.41. The molecule has 0 aromatic heterocycles. The molecular formula is C23H29N3O5S. The number of carbonyl (C=O) groups is 3. The molecule has 0 atom stereocenters. The number of benzene rings is 1. The van der Waals surface area contributed by atoms with Crippen molar-refractivity contribution in [1.82, 2.24) is 9.80 Å². The largest absolute Gasteiger partial charge is 0.347 e. The second-order valence-electron chi connectivity index (χ2n) is 8.79. The van der Waals surface area contributed by atoms with Crippen molar-refractivity contribution >= 4 is 35.2 Å². The van der Waals surface area contributed by atoms with Crippen LogP contribution in [-0.2, 0) is 19.1 Å². The van der Waals surface area contributed by atoms with Crippen LogP contribution in [0.15, 0.2) is 23.1 Å². The van der Waals surface area contributed by atoms with Crippen LogP contribution in [0.1, 0.15) is 42.5 Å². The first-order valence-electron chi connectivity index (χ1n) is 11.5. The van der Waals surface area contributed by atoms with Gasteiger partial charge < -0.3 is 24.2 Å². The summed E-state index contributed by atoms with van der Waals surface area (Å²) in [5, 5.41) is 0. The number of rotatable bonds is 3. The molecule has 1 aromatic rings. The first kappa shape index (κ1) is 21.7. The third-order valence-electron chi connectivity index (χ3n) is 6.78. The molecule has 0 saturated carbocycles. The molecule has 0 N–H and O–H groups in total. The highest BCUT2D eigenvalue weighted by atomic mass is 32.2. The molecule has 172 valence electrons. The third kappa shape index (κ3) is 4.25. The Bertz CT molecular complexity index is 901. The lowest BCUT2D eigenvalue weighted by Gasteiger charge is -2.38. The first-order valence-corrected chi connectivity index (χ1v) is 12.5. The minimum absolute atomic E-state index is 0.000286. The number of hydrogen-bond acceptors (Lipinski definition) is 6. The van der Waals surface area contributed by atoms with Crippen LogP contribution in [0.25, 0.3) is 0 Å². The zero-order valence-electron chi connectivity index (χ0n) is 18.2. The summed E-state index contributed by atoms with van der Waals surface area (Å²) >= 11 is 1.46. The molecule has 4 heterocycles. The zero-order valence-corrected chi connectivity index (χ0v) is 19.0.